The van der Waals surface area contributed by atoms with Gasteiger partial charge < -0.3 is 15.4 Å². The van der Waals surface area contributed by atoms with Crippen molar-refractivity contribution in [3.8, 4) is 5.75 Å². The van der Waals surface area contributed by atoms with Crippen LogP contribution in [0.5, 0.6) is 5.75 Å². The predicted molar refractivity (Wildman–Crippen MR) is 98.3 cm³/mol. The first kappa shape index (κ1) is 21.0. The van der Waals surface area contributed by atoms with E-state index in [0.717, 1.165) is 12.1 Å². The average molecular weight is 392 g/mol. The Morgan fingerprint density at radius 2 is 1.61 bits per heavy atom. The number of alkyl halides is 3. The fraction of sp³-hybridized carbons (Fsp3) is 0.200. The van der Waals surface area contributed by atoms with Crippen LogP contribution in [-0.2, 0) is 4.79 Å². The van der Waals surface area contributed by atoms with Gasteiger partial charge in [-0.15, -0.1) is 13.2 Å². The maximum Gasteiger partial charge on any atom is 0.573 e. The number of rotatable bonds is 6. The molecule has 2 aromatic rings. The molecule has 0 unspecified atom stereocenters. The zero-order valence-corrected chi connectivity index (χ0v) is 15.2. The molecular formula is C20H19F3N2O3. The maximum atomic E-state index is 12.4. The largest absolute Gasteiger partial charge is 0.573 e. The molecule has 8 heteroatoms. The van der Waals surface area contributed by atoms with Gasteiger partial charge in [-0.1, -0.05) is 30.3 Å². The molecule has 0 aliphatic carbocycles. The van der Waals surface area contributed by atoms with Gasteiger partial charge in [0.1, 0.15) is 11.4 Å². The molecule has 0 saturated carbocycles. The van der Waals surface area contributed by atoms with Gasteiger partial charge in [-0.3, -0.25) is 9.59 Å². The van der Waals surface area contributed by atoms with Crippen LogP contribution < -0.4 is 15.4 Å². The molecule has 148 valence electrons. The molecule has 2 aromatic carbocycles. The van der Waals surface area contributed by atoms with Crippen LogP contribution in [0, 0.1) is 0 Å². The van der Waals surface area contributed by atoms with Crippen molar-refractivity contribution in [3.05, 3.63) is 71.4 Å². The lowest BCUT2D eigenvalue weighted by molar-refractivity contribution is -0.274. The number of amides is 2. The molecular weight excluding hydrogens is 373 g/mol. The van der Waals surface area contributed by atoms with E-state index in [1.54, 1.807) is 44.2 Å². The molecule has 0 radical (unpaired) electrons. The normalized spacial score (nSPS) is 11.9. The molecule has 0 aliphatic rings. The number of benzene rings is 2. The summed E-state index contributed by atoms with van der Waals surface area (Å²) in [6, 6.07) is 13.1. The molecule has 0 saturated heterocycles. The summed E-state index contributed by atoms with van der Waals surface area (Å²) in [5.74, 6) is -1.39. The highest BCUT2D eigenvalue weighted by molar-refractivity contribution is 6.05. The fourth-order valence-electron chi connectivity index (χ4n) is 2.21. The first-order valence-corrected chi connectivity index (χ1v) is 8.39. The summed E-state index contributed by atoms with van der Waals surface area (Å²) < 4.78 is 40.6. The molecule has 2 N–H and O–H groups in total. The molecule has 0 spiro atoms. The van der Waals surface area contributed by atoms with Crippen molar-refractivity contribution in [2.75, 3.05) is 0 Å². The van der Waals surface area contributed by atoms with E-state index in [9.17, 15) is 22.8 Å². The first-order valence-electron chi connectivity index (χ1n) is 8.39. The number of carbonyl (C=O) groups excluding carboxylic acids is 2. The van der Waals surface area contributed by atoms with Gasteiger partial charge in [0.2, 0.25) is 0 Å². The summed E-state index contributed by atoms with van der Waals surface area (Å²) in [6.45, 7) is 3.52. The highest BCUT2D eigenvalue weighted by Crippen LogP contribution is 2.23. The van der Waals surface area contributed by atoms with Crippen LogP contribution in [0.25, 0.3) is 6.08 Å². The van der Waals surface area contributed by atoms with Crippen LogP contribution >= 0.6 is 0 Å². The number of hydrogen-bond donors (Lipinski definition) is 2. The molecule has 28 heavy (non-hydrogen) atoms. The number of nitrogens with one attached hydrogen (secondary N) is 2. The van der Waals surface area contributed by atoms with E-state index in [4.69, 9.17) is 0 Å². The Balaban J connectivity index is 2.25. The second-order valence-electron chi connectivity index (χ2n) is 6.12. The molecule has 5 nitrogen and oxygen atoms in total. The zero-order chi connectivity index (χ0) is 20.7. The van der Waals surface area contributed by atoms with Crippen LogP contribution in [0.4, 0.5) is 13.2 Å². The SMILES string of the molecule is CC(C)NC(=O)/C(=C/c1ccc(OC(F)(F)F)cc1)NC(=O)c1ccccc1. The quantitative estimate of drug-likeness (QED) is 0.733. The Kier molecular flexibility index (Phi) is 6.81. The van der Waals surface area contributed by atoms with Gasteiger partial charge in [-0.2, -0.15) is 0 Å². The van der Waals surface area contributed by atoms with E-state index >= 15 is 0 Å². The summed E-state index contributed by atoms with van der Waals surface area (Å²) in [7, 11) is 0. The van der Waals surface area contributed by atoms with Gasteiger partial charge >= 0.3 is 6.36 Å². The summed E-state index contributed by atoms with van der Waals surface area (Å²) in [4.78, 5) is 24.8. The topological polar surface area (TPSA) is 67.4 Å². The standard InChI is InChI=1S/C20H19F3N2O3/c1-13(2)24-19(27)17(25-18(26)15-6-4-3-5-7-15)12-14-8-10-16(11-9-14)28-20(21,22)23/h3-13H,1-2H3,(H,24,27)(H,25,26)/b17-12-. The van der Waals surface area contributed by atoms with Gasteiger partial charge in [-0.05, 0) is 49.8 Å². The molecule has 0 fully saturated rings. The van der Waals surface area contributed by atoms with Gasteiger partial charge in [0.15, 0.2) is 0 Å². The van der Waals surface area contributed by atoms with E-state index in [1.807, 2.05) is 0 Å². The second-order valence-corrected chi connectivity index (χ2v) is 6.12. The van der Waals surface area contributed by atoms with Crippen LogP contribution in [0.2, 0.25) is 0 Å². The highest BCUT2D eigenvalue weighted by atomic mass is 19.4. The number of hydrogen-bond acceptors (Lipinski definition) is 3. The van der Waals surface area contributed by atoms with Crippen molar-refractivity contribution in [3.63, 3.8) is 0 Å². The zero-order valence-electron chi connectivity index (χ0n) is 15.2. The minimum atomic E-state index is -4.79. The van der Waals surface area contributed by atoms with Gasteiger partial charge in [0, 0.05) is 11.6 Å². The van der Waals surface area contributed by atoms with Crippen LogP contribution in [-0.4, -0.2) is 24.2 Å². The maximum absolute atomic E-state index is 12.4. The lowest BCUT2D eigenvalue weighted by Crippen LogP contribution is -2.38. The van der Waals surface area contributed by atoms with Crippen molar-refractivity contribution in [1.82, 2.24) is 10.6 Å². The van der Waals surface area contributed by atoms with Crippen LogP contribution in [0.15, 0.2) is 60.3 Å². The predicted octanol–water partition coefficient (Wildman–Crippen LogP) is 3.88. The van der Waals surface area contributed by atoms with Crippen LogP contribution in [0.1, 0.15) is 29.8 Å². The molecule has 2 amide bonds. The third-order valence-electron chi connectivity index (χ3n) is 3.37. The number of halogens is 3. The Hall–Kier alpha value is -3.29. The summed E-state index contributed by atoms with van der Waals surface area (Å²) >= 11 is 0. The highest BCUT2D eigenvalue weighted by Gasteiger charge is 2.30. The van der Waals surface area contributed by atoms with E-state index in [0.29, 0.717) is 11.1 Å². The molecule has 0 heterocycles. The number of carbonyl (C=O) groups is 2. The Bertz CT molecular complexity index is 845. The molecule has 0 aliphatic heterocycles. The summed E-state index contributed by atoms with van der Waals surface area (Å²) in [5, 5.41) is 5.21. The van der Waals surface area contributed by atoms with Crippen molar-refractivity contribution >= 4 is 17.9 Å². The minimum absolute atomic E-state index is 0.0351. The lowest BCUT2D eigenvalue weighted by Gasteiger charge is -2.13. The van der Waals surface area contributed by atoms with E-state index in [1.165, 1.54) is 18.2 Å². The molecule has 0 atom stereocenters. The Morgan fingerprint density at radius 3 is 2.14 bits per heavy atom. The summed E-state index contributed by atoms with van der Waals surface area (Å²) in [5.41, 5.74) is 0.739. The summed E-state index contributed by atoms with van der Waals surface area (Å²) in [6.07, 6.45) is -3.42. The molecule has 2 rings (SSSR count). The first-order chi connectivity index (χ1) is 13.1. The van der Waals surface area contributed by atoms with Gasteiger partial charge in [0.05, 0.1) is 0 Å². The van der Waals surface area contributed by atoms with E-state index in [2.05, 4.69) is 15.4 Å². The van der Waals surface area contributed by atoms with Crippen molar-refractivity contribution < 1.29 is 27.5 Å². The minimum Gasteiger partial charge on any atom is -0.406 e. The van der Waals surface area contributed by atoms with E-state index in [-0.39, 0.29) is 17.5 Å². The van der Waals surface area contributed by atoms with Gasteiger partial charge in [-0.25, -0.2) is 0 Å². The fourth-order valence-corrected chi connectivity index (χ4v) is 2.21. The van der Waals surface area contributed by atoms with E-state index < -0.39 is 18.2 Å². The Labute approximate surface area is 160 Å². The second kappa shape index (κ2) is 9.07. The Morgan fingerprint density at radius 1 is 1.00 bits per heavy atom. The lowest BCUT2D eigenvalue weighted by atomic mass is 10.1. The molecule has 0 aromatic heterocycles. The molecule has 0 bridgehead atoms. The monoisotopic (exact) mass is 392 g/mol. The smallest absolute Gasteiger partial charge is 0.406 e. The van der Waals surface area contributed by atoms with Gasteiger partial charge in [0.25, 0.3) is 11.8 Å². The van der Waals surface area contributed by atoms with Crippen molar-refractivity contribution in [2.45, 2.75) is 26.3 Å². The third kappa shape index (κ3) is 6.79. The third-order valence-corrected chi connectivity index (χ3v) is 3.37. The van der Waals surface area contributed by atoms with Crippen molar-refractivity contribution in [2.24, 2.45) is 0 Å². The number of ether oxygens (including phenoxy) is 1. The van der Waals surface area contributed by atoms with Crippen molar-refractivity contribution in [1.29, 1.82) is 0 Å². The average Bonchev–Trinajstić information content (AvgIpc) is 2.61. The van der Waals surface area contributed by atoms with Crippen LogP contribution in [0.3, 0.4) is 0 Å².